The molecule has 0 saturated heterocycles. The molecule has 23 heavy (non-hydrogen) atoms. The van der Waals surface area contributed by atoms with Crippen LogP contribution in [-0.4, -0.2) is 10.2 Å². The van der Waals surface area contributed by atoms with Crippen molar-refractivity contribution in [2.45, 2.75) is 78.1 Å². The molecule has 2 N–H and O–H groups in total. The quantitative estimate of drug-likeness (QED) is 0.583. The van der Waals surface area contributed by atoms with Crippen LogP contribution in [0.2, 0.25) is 0 Å². The average molecular weight is 319 g/mol. The van der Waals surface area contributed by atoms with E-state index in [1.165, 1.54) is 57.8 Å². The van der Waals surface area contributed by atoms with E-state index in [-0.39, 0.29) is 0 Å². The second kappa shape index (κ2) is 5.43. The number of hydrogen-bond donors (Lipinski definition) is 2. The molecular weight excluding hydrogens is 284 g/mol. The number of aliphatic hydroxyl groups is 2. The van der Waals surface area contributed by atoms with Crippen molar-refractivity contribution in [1.82, 2.24) is 0 Å². The van der Waals surface area contributed by atoms with Gasteiger partial charge in [-0.1, -0.05) is 26.7 Å². The van der Waals surface area contributed by atoms with E-state index in [0.717, 1.165) is 30.1 Å². The number of aliphatic hydroxyl groups excluding tert-OH is 1. The predicted octanol–water partition coefficient (Wildman–Crippen LogP) is 5.99. The summed E-state index contributed by atoms with van der Waals surface area (Å²) in [6.07, 6.45) is 15.6. The lowest BCUT2D eigenvalue weighted by atomic mass is 9.45. The Morgan fingerprint density at radius 1 is 0.826 bits per heavy atom. The third kappa shape index (κ3) is 2.27. The molecule has 0 aromatic heterocycles. The lowest BCUT2D eigenvalue weighted by Gasteiger charge is -2.60. The SMILES string of the molecule is C[C@]12CC[C@H]3[C@@H](CCC4CCCC[C@@]43C)[C@@H]1CC[C@@H]2C=C(O)O. The van der Waals surface area contributed by atoms with Crippen LogP contribution in [-0.2, 0) is 0 Å². The topological polar surface area (TPSA) is 40.5 Å². The van der Waals surface area contributed by atoms with Gasteiger partial charge in [-0.05, 0) is 97.9 Å². The monoisotopic (exact) mass is 318 g/mol. The Balaban J connectivity index is 1.61. The van der Waals surface area contributed by atoms with E-state index in [1.807, 2.05) is 0 Å². The Morgan fingerprint density at radius 3 is 2.39 bits per heavy atom. The highest BCUT2D eigenvalue weighted by molar-refractivity contribution is 5.12. The van der Waals surface area contributed by atoms with E-state index in [4.69, 9.17) is 0 Å². The summed E-state index contributed by atoms with van der Waals surface area (Å²) >= 11 is 0. The summed E-state index contributed by atoms with van der Waals surface area (Å²) in [5, 5.41) is 18.7. The van der Waals surface area contributed by atoms with Gasteiger partial charge >= 0.3 is 0 Å². The first-order valence-corrected chi connectivity index (χ1v) is 10.0. The Morgan fingerprint density at radius 2 is 1.61 bits per heavy atom. The molecule has 7 atom stereocenters. The molecule has 0 amide bonds. The van der Waals surface area contributed by atoms with Gasteiger partial charge in [0, 0.05) is 0 Å². The van der Waals surface area contributed by atoms with Gasteiger partial charge in [-0.25, -0.2) is 0 Å². The van der Waals surface area contributed by atoms with Crippen LogP contribution in [0.5, 0.6) is 0 Å². The molecule has 4 aliphatic rings. The predicted molar refractivity (Wildman–Crippen MR) is 93.2 cm³/mol. The van der Waals surface area contributed by atoms with Crippen molar-refractivity contribution in [3.63, 3.8) is 0 Å². The highest BCUT2D eigenvalue weighted by Gasteiger charge is 2.59. The summed E-state index contributed by atoms with van der Waals surface area (Å²) in [5.41, 5.74) is 0.908. The molecule has 0 aromatic carbocycles. The minimum absolute atomic E-state index is 0.301. The third-order valence-electron chi connectivity index (χ3n) is 9.01. The Labute approximate surface area is 141 Å². The standard InChI is InChI=1S/C21H34O2/c1-20-11-4-3-5-14(20)6-8-16-17-9-7-15(13-19(22)23)21(17,2)12-10-18(16)20/h13-18,22-23H,3-12H2,1-2H3/t14?,15-,16+,17+,18+,20+,21-/m1/s1. The van der Waals surface area contributed by atoms with Crippen molar-refractivity contribution in [3.05, 3.63) is 12.0 Å². The first kappa shape index (κ1) is 15.8. The Bertz CT molecular complexity index is 494. The maximum absolute atomic E-state index is 9.36. The average Bonchev–Trinajstić information content (AvgIpc) is 2.83. The first-order chi connectivity index (χ1) is 10.9. The normalized spacial score (nSPS) is 52.2. The third-order valence-corrected chi connectivity index (χ3v) is 9.01. The highest BCUT2D eigenvalue weighted by atomic mass is 16.5. The summed E-state index contributed by atoms with van der Waals surface area (Å²) < 4.78 is 0. The van der Waals surface area contributed by atoms with Crippen LogP contribution < -0.4 is 0 Å². The second-order valence-electron chi connectivity index (χ2n) is 9.66. The Kier molecular flexibility index (Phi) is 3.74. The number of allylic oxidation sites excluding steroid dienone is 1. The van der Waals surface area contributed by atoms with E-state index >= 15 is 0 Å². The van der Waals surface area contributed by atoms with Gasteiger partial charge in [-0.15, -0.1) is 0 Å². The molecule has 0 heterocycles. The minimum atomic E-state index is -0.457. The van der Waals surface area contributed by atoms with Gasteiger partial charge in [0.2, 0.25) is 0 Å². The second-order valence-corrected chi connectivity index (χ2v) is 9.66. The molecule has 2 nitrogen and oxygen atoms in total. The summed E-state index contributed by atoms with van der Waals surface area (Å²) in [6, 6.07) is 0. The van der Waals surface area contributed by atoms with Crippen LogP contribution in [0.15, 0.2) is 12.0 Å². The zero-order valence-electron chi connectivity index (χ0n) is 14.9. The summed E-state index contributed by atoms with van der Waals surface area (Å²) in [4.78, 5) is 0. The molecule has 0 spiro atoms. The molecule has 0 radical (unpaired) electrons. The van der Waals surface area contributed by atoms with E-state index < -0.39 is 5.95 Å². The van der Waals surface area contributed by atoms with E-state index in [9.17, 15) is 10.2 Å². The molecule has 0 aliphatic heterocycles. The molecule has 0 bridgehead atoms. The summed E-state index contributed by atoms with van der Waals surface area (Å²) in [6.45, 7) is 5.07. The van der Waals surface area contributed by atoms with E-state index in [0.29, 0.717) is 16.7 Å². The molecule has 1 unspecified atom stereocenters. The van der Waals surface area contributed by atoms with Gasteiger partial charge in [-0.3, -0.25) is 0 Å². The van der Waals surface area contributed by atoms with Crippen molar-refractivity contribution in [2.24, 2.45) is 40.4 Å². The molecule has 130 valence electrons. The summed E-state index contributed by atoms with van der Waals surface area (Å²) in [5.74, 6) is 3.54. The zero-order valence-corrected chi connectivity index (χ0v) is 14.9. The van der Waals surface area contributed by atoms with Crippen molar-refractivity contribution < 1.29 is 10.2 Å². The van der Waals surface area contributed by atoms with Crippen molar-refractivity contribution in [1.29, 1.82) is 0 Å². The molecule has 2 heteroatoms. The smallest absolute Gasteiger partial charge is 0.270 e. The van der Waals surface area contributed by atoms with Crippen LogP contribution in [0.3, 0.4) is 0 Å². The maximum atomic E-state index is 9.36. The van der Waals surface area contributed by atoms with Gasteiger partial charge in [0.25, 0.3) is 5.95 Å². The summed E-state index contributed by atoms with van der Waals surface area (Å²) in [7, 11) is 0. The number of fused-ring (bicyclic) bond motifs is 5. The zero-order chi connectivity index (χ0) is 16.2. The van der Waals surface area contributed by atoms with Crippen molar-refractivity contribution in [2.75, 3.05) is 0 Å². The van der Waals surface area contributed by atoms with Crippen LogP contribution in [0.4, 0.5) is 0 Å². The van der Waals surface area contributed by atoms with Crippen LogP contribution >= 0.6 is 0 Å². The van der Waals surface area contributed by atoms with Gasteiger partial charge in [-0.2, -0.15) is 0 Å². The fourth-order valence-electron chi connectivity index (χ4n) is 7.79. The van der Waals surface area contributed by atoms with Gasteiger partial charge in [0.15, 0.2) is 0 Å². The molecular formula is C21H34O2. The maximum Gasteiger partial charge on any atom is 0.270 e. The molecule has 4 saturated carbocycles. The fourth-order valence-corrected chi connectivity index (χ4v) is 7.79. The molecule has 4 aliphatic carbocycles. The lowest BCUT2D eigenvalue weighted by molar-refractivity contribution is -0.108. The minimum Gasteiger partial charge on any atom is -0.481 e. The van der Waals surface area contributed by atoms with Gasteiger partial charge in [0.1, 0.15) is 0 Å². The fraction of sp³-hybridized carbons (Fsp3) is 0.905. The van der Waals surface area contributed by atoms with Gasteiger partial charge < -0.3 is 10.2 Å². The van der Waals surface area contributed by atoms with Crippen LogP contribution in [0, 0.1) is 40.4 Å². The van der Waals surface area contributed by atoms with Crippen LogP contribution in [0.1, 0.15) is 78.1 Å². The van der Waals surface area contributed by atoms with E-state index in [2.05, 4.69) is 13.8 Å². The largest absolute Gasteiger partial charge is 0.481 e. The Hall–Kier alpha value is -0.660. The number of rotatable bonds is 1. The van der Waals surface area contributed by atoms with Gasteiger partial charge in [0.05, 0.1) is 0 Å². The molecule has 0 aromatic rings. The number of hydrogen-bond acceptors (Lipinski definition) is 2. The molecule has 4 rings (SSSR count). The van der Waals surface area contributed by atoms with E-state index in [1.54, 1.807) is 6.08 Å². The van der Waals surface area contributed by atoms with Crippen molar-refractivity contribution >= 4 is 0 Å². The molecule has 4 fully saturated rings. The lowest BCUT2D eigenvalue weighted by Crippen LogP contribution is -2.52. The first-order valence-electron chi connectivity index (χ1n) is 10.0. The van der Waals surface area contributed by atoms with Crippen molar-refractivity contribution in [3.8, 4) is 0 Å². The highest BCUT2D eigenvalue weighted by Crippen LogP contribution is 2.67. The van der Waals surface area contributed by atoms with Crippen LogP contribution in [0.25, 0.3) is 0 Å².